The number of piperidine rings is 1. The highest BCUT2D eigenvalue weighted by molar-refractivity contribution is 6.08. The molecular formula is C28H32FN5O2. The number of carbonyl (C=O) groups is 1. The van der Waals surface area contributed by atoms with Crippen LogP contribution in [-0.2, 0) is 18.4 Å². The van der Waals surface area contributed by atoms with Gasteiger partial charge in [0.15, 0.2) is 0 Å². The largest absolute Gasteiger partial charge is 0.354 e. The van der Waals surface area contributed by atoms with E-state index in [1.165, 1.54) is 10.7 Å². The Labute approximate surface area is 209 Å². The maximum absolute atomic E-state index is 14.0. The molecule has 7 nitrogen and oxygen atoms in total. The van der Waals surface area contributed by atoms with Crippen molar-refractivity contribution in [1.29, 1.82) is 0 Å². The summed E-state index contributed by atoms with van der Waals surface area (Å²) in [6.45, 7) is 4.93. The summed E-state index contributed by atoms with van der Waals surface area (Å²) in [7, 11) is 1.63. The maximum atomic E-state index is 14.0. The van der Waals surface area contributed by atoms with E-state index < -0.39 is 6.04 Å². The van der Waals surface area contributed by atoms with Gasteiger partial charge in [0.25, 0.3) is 5.56 Å². The number of nitrogens with zero attached hydrogens (tertiary/aromatic N) is 4. The molecule has 1 N–H and O–H groups in total. The molecule has 1 aliphatic heterocycles. The van der Waals surface area contributed by atoms with Crippen molar-refractivity contribution in [2.45, 2.75) is 38.8 Å². The molecule has 0 saturated carbocycles. The van der Waals surface area contributed by atoms with Crippen molar-refractivity contribution in [2.75, 3.05) is 19.6 Å². The molecule has 1 atom stereocenters. The number of likely N-dealkylation sites (tertiary alicyclic amines) is 1. The topological polar surface area (TPSA) is 72.2 Å². The summed E-state index contributed by atoms with van der Waals surface area (Å²) in [5.74, 6) is 0.138. The number of hydrogen-bond donors (Lipinski definition) is 1. The lowest BCUT2D eigenvalue weighted by molar-refractivity contribution is -0.124. The lowest BCUT2D eigenvalue weighted by atomic mass is 9.96. The van der Waals surface area contributed by atoms with Crippen LogP contribution in [0.25, 0.3) is 21.8 Å². The van der Waals surface area contributed by atoms with Crippen LogP contribution in [0.5, 0.6) is 0 Å². The van der Waals surface area contributed by atoms with Crippen LogP contribution in [-0.4, -0.2) is 44.8 Å². The number of nitrogens with one attached hydrogen (secondary N) is 1. The van der Waals surface area contributed by atoms with Crippen LogP contribution in [0.15, 0.2) is 59.5 Å². The molecule has 0 spiro atoms. The third-order valence-corrected chi connectivity index (χ3v) is 7.43. The zero-order chi connectivity index (χ0) is 25.2. The molecule has 2 aromatic heterocycles. The fourth-order valence-corrected chi connectivity index (χ4v) is 5.38. The minimum atomic E-state index is -0.497. The number of amides is 1. The quantitative estimate of drug-likeness (QED) is 0.426. The SMILES string of the molecule is CC[C@H](C(=O)NCC1CCN(Cc2ccccc2F)CC1)n1c2ccccc2c2cnn(C)c(=O)c21. The van der Waals surface area contributed by atoms with Crippen molar-refractivity contribution in [3.05, 3.63) is 76.5 Å². The van der Waals surface area contributed by atoms with E-state index in [0.717, 1.165) is 47.8 Å². The summed E-state index contributed by atoms with van der Waals surface area (Å²) in [5.41, 5.74) is 1.89. The fraction of sp³-hybridized carbons (Fsp3) is 0.393. The van der Waals surface area contributed by atoms with E-state index in [9.17, 15) is 14.0 Å². The van der Waals surface area contributed by atoms with Crippen molar-refractivity contribution in [3.8, 4) is 0 Å². The van der Waals surface area contributed by atoms with Gasteiger partial charge in [-0.2, -0.15) is 5.10 Å². The van der Waals surface area contributed by atoms with Crippen LogP contribution >= 0.6 is 0 Å². The lowest BCUT2D eigenvalue weighted by Crippen LogP contribution is -2.40. The van der Waals surface area contributed by atoms with Crippen LogP contribution in [0.1, 0.15) is 37.8 Å². The Bertz CT molecular complexity index is 1450. The number of carbonyl (C=O) groups excluding carboxylic acids is 1. The second-order valence-corrected chi connectivity index (χ2v) is 9.70. The fourth-order valence-electron chi connectivity index (χ4n) is 5.38. The Morgan fingerprint density at radius 2 is 1.83 bits per heavy atom. The lowest BCUT2D eigenvalue weighted by Gasteiger charge is -2.32. The zero-order valence-corrected chi connectivity index (χ0v) is 20.8. The molecule has 0 bridgehead atoms. The highest BCUT2D eigenvalue weighted by Gasteiger charge is 2.27. The first kappa shape index (κ1) is 24.2. The molecule has 3 heterocycles. The number of fused-ring (bicyclic) bond motifs is 3. The van der Waals surface area contributed by atoms with Gasteiger partial charge < -0.3 is 9.88 Å². The molecule has 0 radical (unpaired) electrons. The molecule has 36 heavy (non-hydrogen) atoms. The van der Waals surface area contributed by atoms with Crippen molar-refractivity contribution in [3.63, 3.8) is 0 Å². The normalized spacial score (nSPS) is 16.0. The van der Waals surface area contributed by atoms with Gasteiger partial charge in [0.05, 0.1) is 11.7 Å². The van der Waals surface area contributed by atoms with Crippen LogP contribution < -0.4 is 10.9 Å². The maximum Gasteiger partial charge on any atom is 0.291 e. The van der Waals surface area contributed by atoms with Crippen molar-refractivity contribution >= 4 is 27.7 Å². The monoisotopic (exact) mass is 489 g/mol. The van der Waals surface area contributed by atoms with Gasteiger partial charge in [0.2, 0.25) is 5.91 Å². The minimum Gasteiger partial charge on any atom is -0.354 e. The number of aryl methyl sites for hydroxylation is 1. The van der Waals surface area contributed by atoms with Gasteiger partial charge >= 0.3 is 0 Å². The summed E-state index contributed by atoms with van der Waals surface area (Å²) in [6.07, 6.45) is 4.17. The smallest absolute Gasteiger partial charge is 0.291 e. The van der Waals surface area contributed by atoms with Gasteiger partial charge in [-0.15, -0.1) is 0 Å². The van der Waals surface area contributed by atoms with Gasteiger partial charge in [0, 0.05) is 36.5 Å². The standard InChI is InChI=1S/C28H32FN5O2/c1-3-24(34-25-11-7-5-9-21(25)22-17-31-32(2)28(36)26(22)34)27(35)30-16-19-12-14-33(15-13-19)18-20-8-4-6-10-23(20)29/h4-11,17,19,24H,3,12-16,18H2,1-2H3,(H,30,35)/t24-/m1/s1. The second kappa shape index (κ2) is 10.2. The molecular weight excluding hydrogens is 457 g/mol. The summed E-state index contributed by atoms with van der Waals surface area (Å²) in [5, 5.41) is 9.05. The molecule has 4 aromatic rings. The Morgan fingerprint density at radius 1 is 1.11 bits per heavy atom. The molecule has 0 unspecified atom stereocenters. The van der Waals surface area contributed by atoms with Gasteiger partial charge in [-0.1, -0.05) is 43.3 Å². The van der Waals surface area contributed by atoms with E-state index in [0.29, 0.717) is 30.9 Å². The zero-order valence-electron chi connectivity index (χ0n) is 20.8. The molecule has 0 aliphatic carbocycles. The van der Waals surface area contributed by atoms with E-state index in [-0.39, 0.29) is 17.3 Å². The summed E-state index contributed by atoms with van der Waals surface area (Å²) < 4.78 is 17.2. The van der Waals surface area contributed by atoms with Crippen molar-refractivity contribution in [1.82, 2.24) is 24.6 Å². The van der Waals surface area contributed by atoms with Crippen LogP contribution in [0.4, 0.5) is 4.39 Å². The van der Waals surface area contributed by atoms with Gasteiger partial charge in [-0.25, -0.2) is 9.07 Å². The molecule has 8 heteroatoms. The minimum absolute atomic E-state index is 0.0761. The highest BCUT2D eigenvalue weighted by Crippen LogP contribution is 2.31. The first-order valence-electron chi connectivity index (χ1n) is 12.7. The van der Waals surface area contributed by atoms with Crippen LogP contribution in [0.3, 0.4) is 0 Å². The van der Waals surface area contributed by atoms with E-state index >= 15 is 0 Å². The van der Waals surface area contributed by atoms with E-state index in [4.69, 9.17) is 0 Å². The predicted molar refractivity (Wildman–Crippen MR) is 139 cm³/mol. The first-order chi connectivity index (χ1) is 17.5. The molecule has 1 fully saturated rings. The van der Waals surface area contributed by atoms with Crippen molar-refractivity contribution < 1.29 is 9.18 Å². The van der Waals surface area contributed by atoms with Crippen molar-refractivity contribution in [2.24, 2.45) is 13.0 Å². The Morgan fingerprint density at radius 3 is 2.58 bits per heavy atom. The van der Waals surface area contributed by atoms with Crippen LogP contribution in [0, 0.1) is 11.7 Å². The third-order valence-electron chi connectivity index (χ3n) is 7.43. The summed E-state index contributed by atoms with van der Waals surface area (Å²) in [4.78, 5) is 28.8. The number of hydrogen-bond acceptors (Lipinski definition) is 4. The molecule has 1 amide bonds. The molecule has 188 valence electrons. The molecule has 1 saturated heterocycles. The molecule has 1 aliphatic rings. The van der Waals surface area contributed by atoms with E-state index in [2.05, 4.69) is 15.3 Å². The highest BCUT2D eigenvalue weighted by atomic mass is 19.1. The van der Waals surface area contributed by atoms with Gasteiger partial charge in [-0.3, -0.25) is 14.5 Å². The first-order valence-corrected chi connectivity index (χ1v) is 12.7. The van der Waals surface area contributed by atoms with Gasteiger partial charge in [-0.05, 0) is 50.4 Å². The van der Waals surface area contributed by atoms with Crippen LogP contribution in [0.2, 0.25) is 0 Å². The Balaban J connectivity index is 1.28. The predicted octanol–water partition coefficient (Wildman–Crippen LogP) is 4.01. The Kier molecular flexibility index (Phi) is 6.87. The van der Waals surface area contributed by atoms with E-state index in [1.54, 1.807) is 19.3 Å². The van der Waals surface area contributed by atoms with E-state index in [1.807, 2.05) is 47.9 Å². The number of halogens is 1. The average Bonchev–Trinajstić information content (AvgIpc) is 3.22. The number of rotatable bonds is 7. The number of benzene rings is 2. The molecule has 5 rings (SSSR count). The Hall–Kier alpha value is -3.52. The third kappa shape index (κ3) is 4.53. The average molecular weight is 490 g/mol. The second-order valence-electron chi connectivity index (χ2n) is 9.70. The number of para-hydroxylation sites is 1. The van der Waals surface area contributed by atoms with Gasteiger partial charge in [0.1, 0.15) is 17.4 Å². The number of aromatic nitrogens is 3. The summed E-state index contributed by atoms with van der Waals surface area (Å²) >= 11 is 0. The summed E-state index contributed by atoms with van der Waals surface area (Å²) in [6, 6.07) is 14.2. The molecule has 2 aromatic carbocycles.